The summed E-state index contributed by atoms with van der Waals surface area (Å²) in [7, 11) is 0. The van der Waals surface area contributed by atoms with Crippen LogP contribution in [0, 0.1) is 11.2 Å². The lowest BCUT2D eigenvalue weighted by atomic mass is 9.56. The second-order valence-electron chi connectivity index (χ2n) is 9.43. The predicted molar refractivity (Wildman–Crippen MR) is 128 cm³/mol. The van der Waals surface area contributed by atoms with Gasteiger partial charge in [-0.05, 0) is 78.4 Å². The van der Waals surface area contributed by atoms with E-state index < -0.39 is 17.2 Å². The van der Waals surface area contributed by atoms with Crippen LogP contribution < -0.4 is 0 Å². The zero-order valence-electron chi connectivity index (χ0n) is 18.3. The van der Waals surface area contributed by atoms with Crippen LogP contribution in [0.1, 0.15) is 49.1 Å². The highest BCUT2D eigenvalue weighted by Gasteiger charge is 2.59. The van der Waals surface area contributed by atoms with E-state index in [0.29, 0.717) is 24.8 Å². The third kappa shape index (κ3) is 2.97. The monoisotopic (exact) mass is 462 g/mol. The van der Waals surface area contributed by atoms with E-state index in [0.717, 1.165) is 39.0 Å². The van der Waals surface area contributed by atoms with Gasteiger partial charge in [-0.3, -0.25) is 0 Å². The number of aromatic nitrogens is 2. The number of fused-ring (bicyclic) bond motifs is 3. The van der Waals surface area contributed by atoms with Gasteiger partial charge in [0.2, 0.25) is 0 Å². The zero-order valence-corrected chi connectivity index (χ0v) is 19.1. The van der Waals surface area contributed by atoms with Gasteiger partial charge in [-0.2, -0.15) is 5.10 Å². The van der Waals surface area contributed by atoms with Crippen LogP contribution in [0.25, 0.3) is 21.8 Å². The molecule has 33 heavy (non-hydrogen) atoms. The molecule has 0 spiro atoms. The van der Waals surface area contributed by atoms with Crippen LogP contribution in [0.2, 0.25) is 0 Å². The molecule has 2 aliphatic rings. The molecule has 2 aromatic heterocycles. The SMILES string of the molecule is C[C@]12Cc3cnn(-c4ccc(F)cc4)c3C=C1CCC[C@]2(F)C(O)c1csc2ccccc12. The molecule has 2 aliphatic carbocycles. The van der Waals surface area contributed by atoms with Gasteiger partial charge in [-0.1, -0.05) is 30.7 Å². The maximum absolute atomic E-state index is 17.1. The number of hydrogen-bond acceptors (Lipinski definition) is 3. The number of thiophene rings is 1. The quantitative estimate of drug-likeness (QED) is 0.364. The van der Waals surface area contributed by atoms with Crippen molar-refractivity contribution in [1.29, 1.82) is 0 Å². The molecular formula is C27H24F2N2OS. The molecule has 1 N–H and O–H groups in total. The molecule has 3 atom stereocenters. The summed E-state index contributed by atoms with van der Waals surface area (Å²) in [5.74, 6) is -0.296. The van der Waals surface area contributed by atoms with Gasteiger partial charge in [-0.25, -0.2) is 13.5 Å². The van der Waals surface area contributed by atoms with Crippen LogP contribution in [0.15, 0.2) is 65.7 Å². The number of nitrogens with zero attached hydrogens (tertiary/aromatic N) is 2. The third-order valence-corrected chi connectivity index (χ3v) is 8.65. The summed E-state index contributed by atoms with van der Waals surface area (Å²) in [6, 6.07) is 14.1. The maximum atomic E-state index is 17.1. The average Bonchev–Trinajstić information content (AvgIpc) is 3.42. The molecule has 0 radical (unpaired) electrons. The van der Waals surface area contributed by atoms with E-state index in [1.807, 2.05) is 42.6 Å². The number of hydrogen-bond donors (Lipinski definition) is 1. The Bertz CT molecular complexity index is 1390. The van der Waals surface area contributed by atoms with Gasteiger partial charge < -0.3 is 5.11 Å². The summed E-state index contributed by atoms with van der Waals surface area (Å²) in [5.41, 5.74) is 1.67. The van der Waals surface area contributed by atoms with Gasteiger partial charge in [0.25, 0.3) is 0 Å². The van der Waals surface area contributed by atoms with E-state index in [4.69, 9.17) is 0 Å². The Morgan fingerprint density at radius 3 is 2.76 bits per heavy atom. The fourth-order valence-corrected chi connectivity index (χ4v) is 6.74. The summed E-state index contributed by atoms with van der Waals surface area (Å²) >= 11 is 1.54. The summed E-state index contributed by atoms with van der Waals surface area (Å²) in [5, 5.41) is 18.9. The number of benzene rings is 2. The average molecular weight is 463 g/mol. The molecule has 2 aromatic carbocycles. The fraction of sp³-hybridized carbons (Fsp3) is 0.296. The standard InChI is InChI=1S/C27H24F2N2OS/c1-26-14-17-15-30-31(20-10-8-19(28)9-11-20)23(17)13-18(26)5-4-12-27(26,29)25(32)22-16-33-24-7-3-2-6-21(22)24/h2-3,6-11,13,15-16,25,32H,4-5,12,14H2,1H3/t25?,26-,27-/m0/s1. The Morgan fingerprint density at radius 1 is 1.15 bits per heavy atom. The van der Waals surface area contributed by atoms with Gasteiger partial charge >= 0.3 is 0 Å². The Hall–Kier alpha value is -2.83. The van der Waals surface area contributed by atoms with Gasteiger partial charge in [0, 0.05) is 15.7 Å². The Morgan fingerprint density at radius 2 is 1.94 bits per heavy atom. The van der Waals surface area contributed by atoms with Crippen molar-refractivity contribution in [2.45, 2.75) is 44.4 Å². The van der Waals surface area contributed by atoms with Crippen LogP contribution >= 0.6 is 11.3 Å². The Kier molecular flexibility index (Phi) is 4.61. The molecule has 0 saturated heterocycles. The first-order chi connectivity index (χ1) is 15.9. The molecule has 6 heteroatoms. The van der Waals surface area contributed by atoms with Crippen molar-refractivity contribution in [2.75, 3.05) is 0 Å². The lowest BCUT2D eigenvalue weighted by Crippen LogP contribution is -2.53. The van der Waals surface area contributed by atoms with E-state index in [2.05, 4.69) is 5.10 Å². The molecule has 2 heterocycles. The predicted octanol–water partition coefficient (Wildman–Crippen LogP) is 6.80. The van der Waals surface area contributed by atoms with Crippen molar-refractivity contribution in [2.24, 2.45) is 5.41 Å². The Balaban J connectivity index is 1.43. The molecule has 1 fully saturated rings. The highest BCUT2D eigenvalue weighted by Crippen LogP contribution is 2.59. The second kappa shape index (κ2) is 7.34. The molecule has 0 amide bonds. The topological polar surface area (TPSA) is 38.0 Å². The fourth-order valence-electron chi connectivity index (χ4n) is 5.76. The molecule has 0 bridgehead atoms. The Labute approximate surface area is 195 Å². The number of alkyl halides is 1. The zero-order chi connectivity index (χ0) is 22.8. The highest BCUT2D eigenvalue weighted by molar-refractivity contribution is 7.17. The normalized spacial score (nSPS) is 25.4. The summed E-state index contributed by atoms with van der Waals surface area (Å²) in [4.78, 5) is 0. The maximum Gasteiger partial charge on any atom is 0.150 e. The molecule has 4 aromatic rings. The van der Waals surface area contributed by atoms with Crippen LogP contribution in [0.3, 0.4) is 0 Å². The summed E-state index contributed by atoms with van der Waals surface area (Å²) < 4.78 is 33.3. The van der Waals surface area contributed by atoms with E-state index in [-0.39, 0.29) is 5.82 Å². The molecular weight excluding hydrogens is 438 g/mol. The first-order valence-electron chi connectivity index (χ1n) is 11.3. The van der Waals surface area contributed by atoms with E-state index in [1.165, 1.54) is 12.1 Å². The first kappa shape index (κ1) is 20.8. The molecule has 3 nitrogen and oxygen atoms in total. The summed E-state index contributed by atoms with van der Waals surface area (Å²) in [6.45, 7) is 1.95. The van der Waals surface area contributed by atoms with Crippen LogP contribution in [-0.2, 0) is 6.42 Å². The van der Waals surface area contributed by atoms with Crippen LogP contribution in [0.4, 0.5) is 8.78 Å². The lowest BCUT2D eigenvalue weighted by molar-refractivity contribution is -0.0999. The number of aliphatic hydroxyl groups excluding tert-OH is 1. The molecule has 6 rings (SSSR count). The molecule has 1 unspecified atom stereocenters. The molecule has 168 valence electrons. The lowest BCUT2D eigenvalue weighted by Gasteiger charge is -2.52. The van der Waals surface area contributed by atoms with Crippen molar-refractivity contribution in [1.82, 2.24) is 9.78 Å². The molecule has 1 saturated carbocycles. The van der Waals surface area contributed by atoms with Crippen molar-refractivity contribution >= 4 is 27.5 Å². The highest BCUT2D eigenvalue weighted by atomic mass is 32.1. The summed E-state index contributed by atoms with van der Waals surface area (Å²) in [6.07, 6.45) is 4.85. The van der Waals surface area contributed by atoms with Crippen molar-refractivity contribution < 1.29 is 13.9 Å². The van der Waals surface area contributed by atoms with Crippen molar-refractivity contribution in [3.8, 4) is 5.69 Å². The number of allylic oxidation sites excluding steroid dienone is 1. The largest absolute Gasteiger partial charge is 0.385 e. The number of halogens is 2. The van der Waals surface area contributed by atoms with Gasteiger partial charge in [0.1, 0.15) is 17.6 Å². The minimum atomic E-state index is -1.80. The second-order valence-corrected chi connectivity index (χ2v) is 10.3. The third-order valence-electron chi connectivity index (χ3n) is 7.66. The smallest absolute Gasteiger partial charge is 0.150 e. The van der Waals surface area contributed by atoms with Gasteiger partial charge in [0.15, 0.2) is 0 Å². The van der Waals surface area contributed by atoms with E-state index in [1.54, 1.807) is 34.3 Å². The van der Waals surface area contributed by atoms with Gasteiger partial charge in [-0.15, -0.1) is 11.3 Å². The van der Waals surface area contributed by atoms with E-state index >= 15 is 4.39 Å². The number of rotatable bonds is 3. The first-order valence-corrected chi connectivity index (χ1v) is 12.2. The minimum absolute atomic E-state index is 0.296. The molecule has 0 aliphatic heterocycles. The van der Waals surface area contributed by atoms with Crippen LogP contribution in [0.5, 0.6) is 0 Å². The number of aliphatic hydroxyl groups is 1. The van der Waals surface area contributed by atoms with E-state index in [9.17, 15) is 9.50 Å². The van der Waals surface area contributed by atoms with Crippen molar-refractivity contribution in [3.63, 3.8) is 0 Å². The van der Waals surface area contributed by atoms with Crippen molar-refractivity contribution in [3.05, 3.63) is 88.3 Å². The van der Waals surface area contributed by atoms with Crippen LogP contribution in [-0.4, -0.2) is 20.6 Å². The minimum Gasteiger partial charge on any atom is -0.385 e. The van der Waals surface area contributed by atoms with Gasteiger partial charge in [0.05, 0.1) is 17.6 Å².